The molecule has 0 unspecified atom stereocenters. The molecule has 0 atom stereocenters. The lowest BCUT2D eigenvalue weighted by Gasteiger charge is -2.28. The number of rotatable bonds is 3. The van der Waals surface area contributed by atoms with Crippen LogP contribution in [0.3, 0.4) is 0 Å². The molecule has 118 valence electrons. The van der Waals surface area contributed by atoms with Crippen LogP contribution >= 0.6 is 0 Å². The topological polar surface area (TPSA) is 72.8 Å². The van der Waals surface area contributed by atoms with Crippen molar-refractivity contribution in [1.82, 2.24) is 9.97 Å². The van der Waals surface area contributed by atoms with Gasteiger partial charge in [0.1, 0.15) is 11.9 Å². The minimum absolute atomic E-state index is 0.125. The van der Waals surface area contributed by atoms with E-state index in [1.807, 2.05) is 37.3 Å². The molecule has 1 fully saturated rings. The van der Waals surface area contributed by atoms with Crippen molar-refractivity contribution < 1.29 is 0 Å². The van der Waals surface area contributed by atoms with E-state index >= 15 is 0 Å². The average molecular weight is 308 g/mol. The molecule has 1 saturated heterocycles. The Balaban J connectivity index is 1.99. The van der Waals surface area contributed by atoms with Gasteiger partial charge in [-0.1, -0.05) is 24.3 Å². The molecule has 0 amide bonds. The third-order valence-corrected chi connectivity index (χ3v) is 4.34. The predicted molar refractivity (Wildman–Crippen MR) is 89.6 cm³/mol. The molecule has 2 heterocycles. The van der Waals surface area contributed by atoms with Gasteiger partial charge in [0.05, 0.1) is 0 Å². The van der Waals surface area contributed by atoms with Gasteiger partial charge in [0.25, 0.3) is 5.56 Å². The Morgan fingerprint density at radius 3 is 2.70 bits per heavy atom. The molecule has 1 aliphatic heterocycles. The number of aromatic nitrogens is 2. The maximum atomic E-state index is 12.3. The van der Waals surface area contributed by atoms with Gasteiger partial charge in [-0.05, 0) is 37.3 Å². The number of nitriles is 1. The molecule has 5 nitrogen and oxygen atoms in total. The largest absolute Gasteiger partial charge is 0.355 e. The van der Waals surface area contributed by atoms with Crippen LogP contribution in [0.4, 0.5) is 5.82 Å². The highest BCUT2D eigenvalue weighted by atomic mass is 16.1. The number of hydrogen-bond acceptors (Lipinski definition) is 4. The molecular weight excluding hydrogens is 288 g/mol. The predicted octanol–water partition coefficient (Wildman–Crippen LogP) is 2.53. The third kappa shape index (κ3) is 3.26. The lowest BCUT2D eigenvalue weighted by atomic mass is 10.1. The molecular formula is C18H20N4O. The Morgan fingerprint density at radius 1 is 1.26 bits per heavy atom. The van der Waals surface area contributed by atoms with Gasteiger partial charge in [0, 0.05) is 19.5 Å². The zero-order chi connectivity index (χ0) is 16.2. The molecule has 0 radical (unpaired) electrons. The molecule has 3 rings (SSSR count). The van der Waals surface area contributed by atoms with Crippen LogP contribution in [-0.2, 0) is 6.42 Å². The molecule has 1 aromatic heterocycles. The van der Waals surface area contributed by atoms with E-state index in [0.29, 0.717) is 18.1 Å². The summed E-state index contributed by atoms with van der Waals surface area (Å²) in [5, 5.41) is 9.32. The van der Waals surface area contributed by atoms with Crippen molar-refractivity contribution >= 4 is 5.82 Å². The van der Waals surface area contributed by atoms with Gasteiger partial charge in [0.15, 0.2) is 11.4 Å². The Bertz CT molecular complexity index is 797. The van der Waals surface area contributed by atoms with E-state index in [1.165, 1.54) is 12.0 Å². The normalized spacial score (nSPS) is 14.5. The monoisotopic (exact) mass is 308 g/mol. The van der Waals surface area contributed by atoms with Crippen LogP contribution in [0.2, 0.25) is 0 Å². The van der Waals surface area contributed by atoms with E-state index in [9.17, 15) is 10.1 Å². The van der Waals surface area contributed by atoms with Crippen LogP contribution in [0.1, 0.15) is 41.8 Å². The van der Waals surface area contributed by atoms with E-state index in [-0.39, 0.29) is 11.1 Å². The molecule has 0 bridgehead atoms. The van der Waals surface area contributed by atoms with Gasteiger partial charge in [-0.15, -0.1) is 0 Å². The minimum Gasteiger partial charge on any atom is -0.355 e. The molecule has 1 aliphatic rings. The summed E-state index contributed by atoms with van der Waals surface area (Å²) in [7, 11) is 0. The first kappa shape index (κ1) is 15.3. The second kappa shape index (κ2) is 6.66. The number of anilines is 1. The van der Waals surface area contributed by atoms with Crippen LogP contribution in [0.25, 0.3) is 0 Å². The number of nitrogens with one attached hydrogen (secondary N) is 1. The van der Waals surface area contributed by atoms with E-state index in [0.717, 1.165) is 31.5 Å². The fourth-order valence-electron chi connectivity index (χ4n) is 3.01. The van der Waals surface area contributed by atoms with Crippen molar-refractivity contribution in [2.24, 2.45) is 0 Å². The van der Waals surface area contributed by atoms with Crippen LogP contribution in [0, 0.1) is 18.3 Å². The van der Waals surface area contributed by atoms with E-state index in [4.69, 9.17) is 0 Å². The van der Waals surface area contributed by atoms with Gasteiger partial charge in [0.2, 0.25) is 0 Å². The Morgan fingerprint density at radius 2 is 2.00 bits per heavy atom. The first-order chi connectivity index (χ1) is 11.2. The number of aromatic amines is 1. The summed E-state index contributed by atoms with van der Waals surface area (Å²) >= 11 is 0. The number of H-pyrrole nitrogens is 1. The summed E-state index contributed by atoms with van der Waals surface area (Å²) in [4.78, 5) is 21.7. The highest BCUT2D eigenvalue weighted by Gasteiger charge is 2.19. The van der Waals surface area contributed by atoms with Crippen molar-refractivity contribution in [1.29, 1.82) is 5.26 Å². The van der Waals surface area contributed by atoms with Crippen molar-refractivity contribution in [3.05, 3.63) is 57.1 Å². The van der Waals surface area contributed by atoms with E-state index in [1.54, 1.807) is 0 Å². The van der Waals surface area contributed by atoms with Crippen LogP contribution < -0.4 is 10.5 Å². The first-order valence-electron chi connectivity index (χ1n) is 8.02. The highest BCUT2D eigenvalue weighted by molar-refractivity contribution is 5.53. The van der Waals surface area contributed by atoms with Crippen molar-refractivity contribution in [3.8, 4) is 6.07 Å². The first-order valence-corrected chi connectivity index (χ1v) is 8.02. The number of benzene rings is 1. The van der Waals surface area contributed by atoms with E-state index < -0.39 is 0 Å². The van der Waals surface area contributed by atoms with Crippen molar-refractivity contribution in [2.45, 2.75) is 32.6 Å². The fraction of sp³-hybridized carbons (Fsp3) is 0.389. The number of nitrogens with zero attached hydrogens (tertiary/aromatic N) is 3. The molecule has 5 heteroatoms. The van der Waals surface area contributed by atoms with Crippen LogP contribution in [0.15, 0.2) is 29.1 Å². The summed E-state index contributed by atoms with van der Waals surface area (Å²) in [5.74, 6) is 1.16. The average Bonchev–Trinajstić information content (AvgIpc) is 2.57. The molecule has 23 heavy (non-hydrogen) atoms. The standard InChI is InChI=1S/C18H20N4O/c1-13-7-3-4-8-14(13)11-16-20-17(15(12-19)18(23)21-16)22-9-5-2-6-10-22/h3-4,7-8H,2,5-6,9-11H2,1H3,(H,20,21,23). The zero-order valence-corrected chi connectivity index (χ0v) is 13.3. The third-order valence-electron chi connectivity index (χ3n) is 4.34. The zero-order valence-electron chi connectivity index (χ0n) is 13.3. The van der Waals surface area contributed by atoms with Crippen LogP contribution in [0.5, 0.6) is 0 Å². The quantitative estimate of drug-likeness (QED) is 0.945. The second-order valence-electron chi connectivity index (χ2n) is 5.97. The molecule has 1 N–H and O–H groups in total. The Hall–Kier alpha value is -2.61. The molecule has 1 aromatic carbocycles. The molecule has 0 spiro atoms. The van der Waals surface area contributed by atoms with Gasteiger partial charge >= 0.3 is 0 Å². The smallest absolute Gasteiger partial charge is 0.271 e. The van der Waals surface area contributed by atoms with Gasteiger partial charge < -0.3 is 9.88 Å². The van der Waals surface area contributed by atoms with Gasteiger partial charge in [-0.3, -0.25) is 4.79 Å². The Kier molecular flexibility index (Phi) is 4.42. The lowest BCUT2D eigenvalue weighted by molar-refractivity contribution is 0.571. The summed E-state index contributed by atoms with van der Waals surface area (Å²) < 4.78 is 0. The number of piperidine rings is 1. The second-order valence-corrected chi connectivity index (χ2v) is 5.97. The molecule has 0 saturated carbocycles. The van der Waals surface area contributed by atoms with Crippen LogP contribution in [-0.4, -0.2) is 23.1 Å². The van der Waals surface area contributed by atoms with Crippen molar-refractivity contribution in [3.63, 3.8) is 0 Å². The maximum absolute atomic E-state index is 12.3. The summed E-state index contributed by atoms with van der Waals surface area (Å²) in [5.41, 5.74) is 2.08. The van der Waals surface area contributed by atoms with Gasteiger partial charge in [-0.2, -0.15) is 5.26 Å². The van der Waals surface area contributed by atoms with E-state index in [2.05, 4.69) is 14.9 Å². The number of aryl methyl sites for hydroxylation is 1. The fourth-order valence-corrected chi connectivity index (χ4v) is 3.01. The SMILES string of the molecule is Cc1ccccc1Cc1nc(N2CCCCC2)c(C#N)c(=O)[nH]1. The Labute approximate surface area is 135 Å². The lowest BCUT2D eigenvalue weighted by Crippen LogP contribution is -2.33. The van der Waals surface area contributed by atoms with Gasteiger partial charge in [-0.25, -0.2) is 4.98 Å². The summed E-state index contributed by atoms with van der Waals surface area (Å²) in [6.45, 7) is 3.76. The molecule has 2 aromatic rings. The maximum Gasteiger partial charge on any atom is 0.271 e. The molecule has 0 aliphatic carbocycles. The highest BCUT2D eigenvalue weighted by Crippen LogP contribution is 2.20. The van der Waals surface area contributed by atoms with Crippen molar-refractivity contribution in [2.75, 3.05) is 18.0 Å². The minimum atomic E-state index is -0.341. The summed E-state index contributed by atoms with van der Waals surface area (Å²) in [6.07, 6.45) is 3.91. The number of hydrogen-bond donors (Lipinski definition) is 1. The summed E-state index contributed by atoms with van der Waals surface area (Å²) in [6, 6.07) is 10.1.